The maximum atomic E-state index is 13.4. The molecule has 1 aromatic rings. The van der Waals surface area contributed by atoms with Crippen molar-refractivity contribution in [2.75, 3.05) is 6.61 Å². The molecule has 0 radical (unpaired) electrons. The predicted molar refractivity (Wildman–Crippen MR) is 139 cm³/mol. The minimum absolute atomic E-state index is 0.00805. The molecule has 0 bridgehead atoms. The van der Waals surface area contributed by atoms with Crippen molar-refractivity contribution in [3.63, 3.8) is 0 Å². The second-order valence-corrected chi connectivity index (χ2v) is 12.1. The molecule has 0 aliphatic heterocycles. The van der Waals surface area contributed by atoms with E-state index in [2.05, 4.69) is 18.7 Å². The molecule has 208 valence electrons. The number of aliphatic hydroxyl groups is 1. The highest BCUT2D eigenvalue weighted by molar-refractivity contribution is 6.01. The van der Waals surface area contributed by atoms with Crippen LogP contribution in [-0.4, -0.2) is 40.4 Å². The lowest BCUT2D eigenvalue weighted by atomic mass is 9.46. The lowest BCUT2D eigenvalue weighted by Gasteiger charge is -2.58. The molecule has 0 aromatic heterocycles. The Morgan fingerprint density at radius 2 is 1.95 bits per heavy atom. The van der Waals surface area contributed by atoms with Gasteiger partial charge >= 0.3 is 5.97 Å². The number of allylic oxidation sites excluding steroid dienone is 4. The van der Waals surface area contributed by atoms with E-state index in [0.29, 0.717) is 24.0 Å². The van der Waals surface area contributed by atoms with Gasteiger partial charge in [-0.1, -0.05) is 49.8 Å². The third-order valence-electron chi connectivity index (χ3n) is 9.93. The highest BCUT2D eigenvalue weighted by Gasteiger charge is 2.62. The molecular weight excluding hydrogens is 502 g/mol. The fourth-order valence-corrected chi connectivity index (χ4v) is 8.28. The van der Waals surface area contributed by atoms with Gasteiger partial charge in [0.2, 0.25) is 0 Å². The Bertz CT molecular complexity index is 1250. The van der Waals surface area contributed by atoms with Crippen LogP contribution in [-0.2, 0) is 37.0 Å². The summed E-state index contributed by atoms with van der Waals surface area (Å²) in [6, 6.07) is 6.69. The molecule has 9 nitrogen and oxygen atoms in total. The quantitative estimate of drug-likeness (QED) is 0.299. The van der Waals surface area contributed by atoms with Crippen LogP contribution in [0.2, 0.25) is 0 Å². The molecule has 7 unspecified atom stereocenters. The van der Waals surface area contributed by atoms with E-state index in [0.717, 1.165) is 24.8 Å². The third-order valence-corrected chi connectivity index (χ3v) is 9.93. The minimum Gasteiger partial charge on any atom is -0.457 e. The number of esters is 1. The molecule has 4 aliphatic carbocycles. The van der Waals surface area contributed by atoms with Gasteiger partial charge in [0.15, 0.2) is 11.6 Å². The van der Waals surface area contributed by atoms with E-state index in [-0.39, 0.29) is 65.7 Å². The highest BCUT2D eigenvalue weighted by atomic mass is 16.9. The lowest BCUT2D eigenvalue weighted by molar-refractivity contribution is -0.763. The normalized spacial score (nSPS) is 34.8. The SMILES string of the molecule is CC12C=CC(=O)C=C1CCC1C2C(O)CC2(C)C(C(=O)COC(=O)Cc3cccc(CO[N+](=O)[O-])c3)CCC12. The molecule has 5 rings (SSSR count). The zero-order valence-electron chi connectivity index (χ0n) is 22.3. The molecule has 7 atom stereocenters. The van der Waals surface area contributed by atoms with E-state index in [1.807, 2.05) is 6.08 Å². The number of hydrogen-bond acceptors (Lipinski definition) is 8. The maximum absolute atomic E-state index is 13.4. The molecule has 0 spiro atoms. The van der Waals surface area contributed by atoms with E-state index in [4.69, 9.17) is 4.74 Å². The molecule has 0 amide bonds. The number of carbonyl (C=O) groups is 3. The fourth-order valence-electron chi connectivity index (χ4n) is 8.28. The van der Waals surface area contributed by atoms with Crippen molar-refractivity contribution >= 4 is 17.5 Å². The number of carbonyl (C=O) groups excluding carboxylic acids is 3. The molecule has 39 heavy (non-hydrogen) atoms. The van der Waals surface area contributed by atoms with Gasteiger partial charge in [0.05, 0.1) is 12.5 Å². The number of aliphatic hydroxyl groups excluding tert-OH is 1. The van der Waals surface area contributed by atoms with Gasteiger partial charge in [0, 0.05) is 17.3 Å². The number of Topliss-reactive ketones (excluding diaryl/α,β-unsaturated/α-hetero) is 1. The molecule has 4 aliphatic rings. The van der Waals surface area contributed by atoms with Crippen molar-refractivity contribution in [1.29, 1.82) is 0 Å². The van der Waals surface area contributed by atoms with Crippen molar-refractivity contribution < 1.29 is 34.2 Å². The van der Waals surface area contributed by atoms with Gasteiger partial charge in [-0.25, -0.2) is 0 Å². The first kappa shape index (κ1) is 27.2. The van der Waals surface area contributed by atoms with Crippen LogP contribution in [0.1, 0.15) is 57.1 Å². The summed E-state index contributed by atoms with van der Waals surface area (Å²) < 4.78 is 5.37. The van der Waals surface area contributed by atoms with Gasteiger partial charge in [-0.2, -0.15) is 0 Å². The topological polar surface area (TPSA) is 133 Å². The van der Waals surface area contributed by atoms with Crippen LogP contribution >= 0.6 is 0 Å². The molecule has 0 saturated heterocycles. The highest BCUT2D eigenvalue weighted by Crippen LogP contribution is 2.66. The molecule has 0 heterocycles. The largest absolute Gasteiger partial charge is 0.457 e. The van der Waals surface area contributed by atoms with Crippen LogP contribution < -0.4 is 0 Å². The Balaban J connectivity index is 1.22. The summed E-state index contributed by atoms with van der Waals surface area (Å²) in [6.45, 7) is 3.72. The van der Waals surface area contributed by atoms with Crippen LogP contribution in [0.5, 0.6) is 0 Å². The van der Waals surface area contributed by atoms with Gasteiger partial charge < -0.3 is 14.7 Å². The van der Waals surface area contributed by atoms with E-state index in [1.54, 1.807) is 36.4 Å². The van der Waals surface area contributed by atoms with Gasteiger partial charge in [-0.05, 0) is 72.6 Å². The Morgan fingerprint density at radius 3 is 2.72 bits per heavy atom. The van der Waals surface area contributed by atoms with Crippen LogP contribution in [0.15, 0.2) is 48.1 Å². The van der Waals surface area contributed by atoms with Crippen molar-refractivity contribution in [2.45, 2.75) is 65.1 Å². The van der Waals surface area contributed by atoms with Crippen LogP contribution in [0, 0.1) is 44.6 Å². The predicted octanol–water partition coefficient (Wildman–Crippen LogP) is 3.94. The second-order valence-electron chi connectivity index (χ2n) is 12.1. The third kappa shape index (κ3) is 5.04. The Morgan fingerprint density at radius 1 is 1.18 bits per heavy atom. The van der Waals surface area contributed by atoms with Gasteiger partial charge in [-0.3, -0.25) is 14.4 Å². The summed E-state index contributed by atoms with van der Waals surface area (Å²) in [4.78, 5) is 52.7. The summed E-state index contributed by atoms with van der Waals surface area (Å²) in [7, 11) is 0. The van der Waals surface area contributed by atoms with Gasteiger partial charge in [-0.15, -0.1) is 10.1 Å². The van der Waals surface area contributed by atoms with Crippen LogP contribution in [0.3, 0.4) is 0 Å². The smallest absolute Gasteiger partial charge is 0.310 e. The Labute approximate surface area is 227 Å². The van der Waals surface area contributed by atoms with E-state index < -0.39 is 17.2 Å². The van der Waals surface area contributed by atoms with E-state index in [1.165, 1.54) is 0 Å². The first-order valence-corrected chi connectivity index (χ1v) is 13.7. The van der Waals surface area contributed by atoms with Crippen molar-refractivity contribution in [3.05, 3.63) is 69.3 Å². The molecular formula is C30H35NO8. The first-order chi connectivity index (χ1) is 18.5. The number of rotatable bonds is 8. The molecule has 3 saturated carbocycles. The standard InChI is InChI=1S/C30H35NO8/c1-29-11-10-21(32)14-20(29)6-7-22-23-8-9-24(30(23,2)15-25(33)28(22)29)26(34)17-38-27(35)13-18-4-3-5-19(12-18)16-39-31(36)37/h3-5,10-12,14,22-25,28,33H,6-9,13,15-17H2,1-2H3. The first-order valence-electron chi connectivity index (χ1n) is 13.7. The summed E-state index contributed by atoms with van der Waals surface area (Å²) in [6.07, 6.45) is 8.52. The summed E-state index contributed by atoms with van der Waals surface area (Å²) in [5.74, 6) is -0.390. The molecule has 9 heteroatoms. The number of nitrogens with zero attached hydrogens (tertiary/aromatic N) is 1. The number of hydrogen-bond donors (Lipinski definition) is 1. The fraction of sp³-hybridized carbons (Fsp3) is 0.567. The summed E-state index contributed by atoms with van der Waals surface area (Å²) in [5.41, 5.74) is 1.56. The van der Waals surface area contributed by atoms with E-state index >= 15 is 0 Å². The number of ether oxygens (including phenoxy) is 1. The van der Waals surface area contributed by atoms with Crippen LogP contribution in [0.4, 0.5) is 0 Å². The lowest BCUT2D eigenvalue weighted by Crippen LogP contribution is -2.56. The number of ketones is 2. The van der Waals surface area contributed by atoms with Crippen LogP contribution in [0.25, 0.3) is 0 Å². The molecule has 1 aromatic carbocycles. The molecule has 1 N–H and O–H groups in total. The average molecular weight is 538 g/mol. The maximum Gasteiger partial charge on any atom is 0.310 e. The monoisotopic (exact) mass is 537 g/mol. The van der Waals surface area contributed by atoms with Crippen molar-refractivity contribution in [1.82, 2.24) is 0 Å². The number of benzene rings is 1. The Kier molecular flexibility index (Phi) is 7.22. The zero-order chi connectivity index (χ0) is 27.9. The Hall–Kier alpha value is -3.33. The summed E-state index contributed by atoms with van der Waals surface area (Å²) >= 11 is 0. The van der Waals surface area contributed by atoms with Gasteiger partial charge in [0.1, 0.15) is 13.2 Å². The van der Waals surface area contributed by atoms with Crippen molar-refractivity contribution in [2.24, 2.45) is 34.5 Å². The minimum atomic E-state index is -0.871. The average Bonchev–Trinajstić information content (AvgIpc) is 3.23. The second kappa shape index (κ2) is 10.3. The van der Waals surface area contributed by atoms with Gasteiger partial charge in [0.25, 0.3) is 5.09 Å². The van der Waals surface area contributed by atoms with E-state index in [9.17, 15) is 29.6 Å². The number of fused-ring (bicyclic) bond motifs is 5. The molecule has 3 fully saturated rings. The zero-order valence-corrected chi connectivity index (χ0v) is 22.3. The van der Waals surface area contributed by atoms with Crippen molar-refractivity contribution in [3.8, 4) is 0 Å². The summed E-state index contributed by atoms with van der Waals surface area (Å²) in [5, 5.41) is 21.0.